The normalized spacial score (nSPS) is 11.3. The van der Waals surface area contributed by atoms with Gasteiger partial charge in [-0.1, -0.05) is 101 Å². The minimum absolute atomic E-state index is 0.00486. The van der Waals surface area contributed by atoms with Crippen molar-refractivity contribution in [2.45, 2.75) is 77.6 Å². The molecule has 0 saturated heterocycles. The Labute approximate surface area is 289 Å². The van der Waals surface area contributed by atoms with Crippen LogP contribution in [-0.4, -0.2) is 124 Å². The Kier molecular flexibility index (Phi) is 33.3. The molecule has 1 aromatic carbocycles. The fraction of sp³-hybridized carbons (Fsp3) is 0.784. The molecule has 1 rings (SSSR count). The molecule has 0 aliphatic rings. The molecule has 0 heterocycles. The number of rotatable bonds is 38. The number of Topliss-reactive ketones (excluding diaryl/α,β-unsaturated/α-hetero) is 1. The summed E-state index contributed by atoms with van der Waals surface area (Å²) >= 11 is 0. The van der Waals surface area contributed by atoms with E-state index in [4.69, 9.17) is 42.6 Å². The number of ether oxygens (including phenoxy) is 9. The molecule has 0 bridgehead atoms. The number of hydrogen-bond donors (Lipinski definition) is 0. The molecule has 0 atom stereocenters. The molecule has 0 aliphatic heterocycles. The van der Waals surface area contributed by atoms with Crippen LogP contribution in [-0.2, 0) is 47.4 Å². The highest BCUT2D eigenvalue weighted by Crippen LogP contribution is 2.11. The number of unbranched alkanes of at least 4 members (excludes halogenated alkanes) is 10. The van der Waals surface area contributed by atoms with Gasteiger partial charge in [0.15, 0.2) is 0 Å². The van der Waals surface area contributed by atoms with Crippen LogP contribution in [0.5, 0.6) is 0 Å². The van der Waals surface area contributed by atoms with Crippen molar-refractivity contribution >= 4 is 11.8 Å². The van der Waals surface area contributed by atoms with E-state index >= 15 is 0 Å². The molecule has 0 aliphatic carbocycles. The summed E-state index contributed by atoms with van der Waals surface area (Å²) < 4.78 is 48.8. The largest absolute Gasteiger partial charge is 0.457 e. The van der Waals surface area contributed by atoms with E-state index in [2.05, 4.69) is 6.92 Å². The molecule has 0 saturated carbocycles. The third-order valence-electron chi connectivity index (χ3n) is 7.18. The second-order valence-electron chi connectivity index (χ2n) is 11.3. The monoisotopic (exact) mass is 684 g/mol. The van der Waals surface area contributed by atoms with Crippen LogP contribution in [0.25, 0.3) is 0 Å². The first kappa shape index (κ1) is 44.1. The molecule has 48 heavy (non-hydrogen) atoms. The van der Waals surface area contributed by atoms with Crippen molar-refractivity contribution in [3.8, 4) is 0 Å². The van der Waals surface area contributed by atoms with Gasteiger partial charge in [0.1, 0.15) is 6.61 Å². The predicted octanol–water partition coefficient (Wildman–Crippen LogP) is 5.86. The average Bonchev–Trinajstić information content (AvgIpc) is 3.11. The smallest absolute Gasteiger partial charge is 0.379 e. The number of carbonyl (C=O) groups is 2. The lowest BCUT2D eigenvalue weighted by molar-refractivity contribution is -0.139. The molecule has 0 aromatic heterocycles. The molecule has 1 aromatic rings. The van der Waals surface area contributed by atoms with Crippen molar-refractivity contribution in [2.24, 2.45) is 0 Å². The molecule has 278 valence electrons. The van der Waals surface area contributed by atoms with Crippen LogP contribution < -0.4 is 0 Å². The number of carbonyl (C=O) groups excluding carboxylic acids is 2. The Morgan fingerprint density at radius 3 is 1.08 bits per heavy atom. The first-order valence-corrected chi connectivity index (χ1v) is 18.1. The van der Waals surface area contributed by atoms with Crippen LogP contribution in [0, 0.1) is 0 Å². The lowest BCUT2D eigenvalue weighted by Crippen LogP contribution is -2.20. The summed E-state index contributed by atoms with van der Waals surface area (Å²) in [7, 11) is 0. The van der Waals surface area contributed by atoms with Crippen molar-refractivity contribution in [1.29, 1.82) is 0 Å². The van der Waals surface area contributed by atoms with E-state index in [0.717, 1.165) is 13.0 Å². The van der Waals surface area contributed by atoms with E-state index in [9.17, 15) is 9.59 Å². The van der Waals surface area contributed by atoms with Gasteiger partial charge in [-0.15, -0.1) is 0 Å². The van der Waals surface area contributed by atoms with Gasteiger partial charge in [-0.05, 0) is 6.42 Å². The first-order chi connectivity index (χ1) is 23.8. The number of hydrogen-bond acceptors (Lipinski definition) is 11. The topological polar surface area (TPSA) is 117 Å². The van der Waals surface area contributed by atoms with Crippen molar-refractivity contribution in [3.63, 3.8) is 0 Å². The van der Waals surface area contributed by atoms with Gasteiger partial charge in [0.05, 0.1) is 99.1 Å². The number of benzene rings is 1. The second-order valence-corrected chi connectivity index (χ2v) is 11.3. The van der Waals surface area contributed by atoms with Crippen molar-refractivity contribution in [3.05, 3.63) is 35.9 Å². The molecule has 11 nitrogen and oxygen atoms in total. The van der Waals surface area contributed by atoms with E-state index in [1.54, 1.807) is 30.3 Å². The van der Waals surface area contributed by atoms with E-state index < -0.39 is 11.8 Å². The van der Waals surface area contributed by atoms with Crippen LogP contribution in [0.3, 0.4) is 0 Å². The van der Waals surface area contributed by atoms with E-state index in [0.29, 0.717) is 98.1 Å². The Morgan fingerprint density at radius 1 is 0.396 bits per heavy atom. The zero-order chi connectivity index (χ0) is 34.4. The molecule has 0 N–H and O–H groups in total. The molecule has 0 radical (unpaired) electrons. The Morgan fingerprint density at radius 2 is 0.708 bits per heavy atom. The van der Waals surface area contributed by atoms with Crippen molar-refractivity contribution in [2.75, 3.05) is 112 Å². The summed E-state index contributed by atoms with van der Waals surface area (Å²) in [5.41, 5.74) is 0.301. The third kappa shape index (κ3) is 30.1. The van der Waals surface area contributed by atoms with Crippen LogP contribution in [0.15, 0.2) is 30.3 Å². The fourth-order valence-corrected chi connectivity index (χ4v) is 4.48. The SMILES string of the molecule is CCCCCCCCCCCCCOCCOCCOCCOCCOCCOCCOCCOCCOC(=O)C(=O)c1ccccc1. The highest BCUT2D eigenvalue weighted by Gasteiger charge is 2.17. The van der Waals surface area contributed by atoms with Gasteiger partial charge in [-0.25, -0.2) is 4.79 Å². The summed E-state index contributed by atoms with van der Waals surface area (Å²) in [5, 5.41) is 0. The number of esters is 1. The Bertz CT molecular complexity index is 825. The maximum atomic E-state index is 11.9. The fourth-order valence-electron chi connectivity index (χ4n) is 4.48. The second kappa shape index (κ2) is 36.3. The van der Waals surface area contributed by atoms with Gasteiger partial charge in [0.25, 0.3) is 5.78 Å². The predicted molar refractivity (Wildman–Crippen MR) is 185 cm³/mol. The van der Waals surface area contributed by atoms with Gasteiger partial charge in [0, 0.05) is 12.2 Å². The van der Waals surface area contributed by atoms with Crippen LogP contribution in [0.1, 0.15) is 87.9 Å². The highest BCUT2D eigenvalue weighted by molar-refractivity contribution is 6.40. The minimum atomic E-state index is -0.891. The van der Waals surface area contributed by atoms with Gasteiger partial charge in [0.2, 0.25) is 0 Å². The van der Waals surface area contributed by atoms with Gasteiger partial charge >= 0.3 is 5.97 Å². The molecule has 0 amide bonds. The van der Waals surface area contributed by atoms with E-state index in [-0.39, 0.29) is 13.2 Å². The number of ketones is 1. The summed E-state index contributed by atoms with van der Waals surface area (Å²) in [6.07, 6.45) is 14.8. The Hall–Kier alpha value is -1.96. The zero-order valence-electron chi connectivity index (χ0n) is 29.7. The summed E-state index contributed by atoms with van der Waals surface area (Å²) in [5.74, 6) is -1.56. The highest BCUT2D eigenvalue weighted by atomic mass is 16.6. The van der Waals surface area contributed by atoms with Crippen molar-refractivity contribution in [1.82, 2.24) is 0 Å². The average molecular weight is 685 g/mol. The van der Waals surface area contributed by atoms with Crippen LogP contribution in [0.2, 0.25) is 0 Å². The lowest BCUT2D eigenvalue weighted by Gasteiger charge is -2.09. The molecule has 0 spiro atoms. The quantitative estimate of drug-likeness (QED) is 0.0361. The third-order valence-corrected chi connectivity index (χ3v) is 7.18. The molecule has 0 unspecified atom stereocenters. The molecule has 0 fully saturated rings. The zero-order valence-corrected chi connectivity index (χ0v) is 29.7. The van der Waals surface area contributed by atoms with E-state index in [1.165, 1.54) is 64.2 Å². The molecular formula is C37H64O11. The minimum Gasteiger partial charge on any atom is -0.457 e. The van der Waals surface area contributed by atoms with Gasteiger partial charge < -0.3 is 42.6 Å². The maximum absolute atomic E-state index is 11.9. The summed E-state index contributed by atoms with van der Waals surface area (Å²) in [6, 6.07) is 8.28. The van der Waals surface area contributed by atoms with Crippen LogP contribution in [0.4, 0.5) is 0 Å². The van der Waals surface area contributed by atoms with Gasteiger partial charge in [-0.2, -0.15) is 0 Å². The molecule has 11 heteroatoms. The summed E-state index contributed by atoms with van der Waals surface area (Å²) in [4.78, 5) is 23.6. The Balaban J connectivity index is 1.65. The van der Waals surface area contributed by atoms with Crippen LogP contribution >= 0.6 is 0 Å². The lowest BCUT2D eigenvalue weighted by atomic mass is 10.1. The first-order valence-electron chi connectivity index (χ1n) is 18.1. The van der Waals surface area contributed by atoms with E-state index in [1.807, 2.05) is 0 Å². The van der Waals surface area contributed by atoms with Crippen molar-refractivity contribution < 1.29 is 52.2 Å². The van der Waals surface area contributed by atoms with Gasteiger partial charge in [-0.3, -0.25) is 4.79 Å². The maximum Gasteiger partial charge on any atom is 0.379 e. The standard InChI is InChI=1S/C37H64O11/c1-2-3-4-5-6-7-8-9-10-11-15-18-40-19-20-41-21-22-42-23-24-43-25-26-44-27-28-45-29-30-46-31-32-47-33-34-48-37(39)36(38)35-16-13-12-14-17-35/h12-14,16-17H,2-11,15,18-34H2,1H3. The molecular weight excluding hydrogens is 620 g/mol. The summed E-state index contributed by atoms with van der Waals surface area (Å²) in [6.45, 7) is 10.2.